The van der Waals surface area contributed by atoms with Crippen molar-refractivity contribution in [3.8, 4) is 0 Å². The molecule has 6 nitrogen and oxygen atoms in total. The Morgan fingerprint density at radius 1 is 1.17 bits per heavy atom. The van der Waals surface area contributed by atoms with Crippen LogP contribution in [0.15, 0.2) is 48.5 Å². The molecular formula is C17H12ClN5O. The number of nitrogens with one attached hydrogen (secondary N) is 2. The fourth-order valence-corrected chi connectivity index (χ4v) is 2.81. The maximum absolute atomic E-state index is 12.6. The molecule has 2 aromatic heterocycles. The average Bonchev–Trinajstić information content (AvgIpc) is 2.98. The summed E-state index contributed by atoms with van der Waals surface area (Å²) in [4.78, 5) is 16.9. The van der Waals surface area contributed by atoms with Gasteiger partial charge in [-0.2, -0.15) is 5.10 Å². The molecule has 0 saturated carbocycles. The Bertz CT molecular complexity index is 1090. The molecule has 2 heterocycles. The van der Waals surface area contributed by atoms with Crippen LogP contribution >= 0.6 is 11.6 Å². The van der Waals surface area contributed by atoms with Crippen molar-refractivity contribution in [1.82, 2.24) is 15.2 Å². The summed E-state index contributed by atoms with van der Waals surface area (Å²) in [5, 5.41) is 11.8. The molecule has 0 radical (unpaired) electrons. The van der Waals surface area contributed by atoms with Crippen LogP contribution in [0, 0.1) is 0 Å². The second-order valence-corrected chi connectivity index (χ2v) is 5.71. The van der Waals surface area contributed by atoms with Gasteiger partial charge in [0.05, 0.1) is 21.6 Å². The summed E-state index contributed by atoms with van der Waals surface area (Å²) in [6, 6.07) is 14.6. The quantitative estimate of drug-likeness (QED) is 0.520. The summed E-state index contributed by atoms with van der Waals surface area (Å²) in [5.41, 5.74) is 7.64. The van der Waals surface area contributed by atoms with Crippen molar-refractivity contribution in [2.45, 2.75) is 0 Å². The monoisotopic (exact) mass is 337 g/mol. The van der Waals surface area contributed by atoms with Crippen LogP contribution in [0.1, 0.15) is 10.4 Å². The number of carbonyl (C=O) groups excluding carboxylic acids is 1. The second kappa shape index (κ2) is 5.50. The summed E-state index contributed by atoms with van der Waals surface area (Å²) in [5.74, 6) is 0.188. The molecule has 0 bridgehead atoms. The lowest BCUT2D eigenvalue weighted by molar-refractivity contribution is 0.102. The number of H-pyrrole nitrogens is 1. The molecule has 24 heavy (non-hydrogen) atoms. The summed E-state index contributed by atoms with van der Waals surface area (Å²) in [7, 11) is 0. The molecule has 0 spiro atoms. The van der Waals surface area contributed by atoms with E-state index in [9.17, 15) is 4.79 Å². The van der Waals surface area contributed by atoms with Gasteiger partial charge < -0.3 is 11.1 Å². The minimum absolute atomic E-state index is 0.170. The average molecular weight is 338 g/mol. The van der Waals surface area contributed by atoms with Crippen LogP contribution in [0.5, 0.6) is 0 Å². The van der Waals surface area contributed by atoms with Crippen LogP contribution in [-0.2, 0) is 0 Å². The number of nitrogen functional groups attached to an aromatic ring is 1. The van der Waals surface area contributed by atoms with Crippen LogP contribution in [0.3, 0.4) is 0 Å². The van der Waals surface area contributed by atoms with E-state index in [1.807, 2.05) is 30.3 Å². The predicted molar refractivity (Wildman–Crippen MR) is 95.2 cm³/mol. The molecule has 7 heteroatoms. The molecule has 0 aliphatic rings. The molecule has 0 fully saturated rings. The number of aromatic nitrogens is 3. The molecule has 0 aliphatic carbocycles. The van der Waals surface area contributed by atoms with Crippen molar-refractivity contribution < 1.29 is 4.79 Å². The van der Waals surface area contributed by atoms with Gasteiger partial charge in [0, 0.05) is 10.8 Å². The zero-order chi connectivity index (χ0) is 16.7. The third kappa shape index (κ3) is 2.33. The van der Waals surface area contributed by atoms with Crippen molar-refractivity contribution >= 4 is 50.9 Å². The van der Waals surface area contributed by atoms with Crippen molar-refractivity contribution in [2.75, 3.05) is 11.1 Å². The number of carbonyl (C=O) groups is 1. The highest BCUT2D eigenvalue weighted by Crippen LogP contribution is 2.27. The molecule has 0 atom stereocenters. The predicted octanol–water partition coefficient (Wildman–Crippen LogP) is 3.60. The molecular weight excluding hydrogens is 326 g/mol. The van der Waals surface area contributed by atoms with Crippen LogP contribution in [0.25, 0.3) is 21.8 Å². The number of aromatic amines is 1. The van der Waals surface area contributed by atoms with E-state index >= 15 is 0 Å². The number of halogens is 1. The third-order valence-corrected chi connectivity index (χ3v) is 4.09. The second-order valence-electron chi connectivity index (χ2n) is 5.30. The van der Waals surface area contributed by atoms with E-state index in [0.717, 1.165) is 16.3 Å². The van der Waals surface area contributed by atoms with Gasteiger partial charge in [0.1, 0.15) is 5.82 Å². The summed E-state index contributed by atoms with van der Waals surface area (Å²) in [6.07, 6.45) is 0. The topological polar surface area (TPSA) is 96.7 Å². The number of amides is 1. The zero-order valence-corrected chi connectivity index (χ0v) is 13.1. The Morgan fingerprint density at radius 2 is 2.00 bits per heavy atom. The molecule has 4 N–H and O–H groups in total. The number of hydrogen-bond donors (Lipinski definition) is 3. The first-order valence-corrected chi connectivity index (χ1v) is 7.60. The number of para-hydroxylation sites is 2. The standard InChI is InChI=1S/C17H12ClN5O/c18-12-6-3-5-10-14(12)22-23-16(10)21-17(24)11-8-9-4-1-2-7-13(9)20-15(11)19/h1-8H,(H2,19,20)(H2,21,22,23,24). The largest absolute Gasteiger partial charge is 0.383 e. The molecule has 4 rings (SSSR count). The van der Waals surface area contributed by atoms with Crippen molar-refractivity contribution in [1.29, 1.82) is 0 Å². The molecule has 0 unspecified atom stereocenters. The van der Waals surface area contributed by atoms with E-state index in [1.165, 1.54) is 0 Å². The highest BCUT2D eigenvalue weighted by atomic mass is 35.5. The van der Waals surface area contributed by atoms with Gasteiger partial charge >= 0.3 is 0 Å². The highest BCUT2D eigenvalue weighted by molar-refractivity contribution is 6.35. The Balaban J connectivity index is 1.73. The van der Waals surface area contributed by atoms with Gasteiger partial charge in [-0.05, 0) is 24.3 Å². The first-order chi connectivity index (χ1) is 11.6. The van der Waals surface area contributed by atoms with E-state index < -0.39 is 0 Å². The van der Waals surface area contributed by atoms with Gasteiger partial charge in [-0.1, -0.05) is 35.9 Å². The third-order valence-electron chi connectivity index (χ3n) is 3.78. The number of nitrogens with zero attached hydrogens (tertiary/aromatic N) is 2. The normalized spacial score (nSPS) is 11.0. The van der Waals surface area contributed by atoms with Crippen LogP contribution in [0.2, 0.25) is 5.02 Å². The SMILES string of the molecule is Nc1nc2ccccc2cc1C(=O)Nc1n[nH]c2c(Cl)cccc12. The lowest BCUT2D eigenvalue weighted by atomic mass is 10.1. The van der Waals surface area contributed by atoms with E-state index in [2.05, 4.69) is 20.5 Å². The zero-order valence-electron chi connectivity index (χ0n) is 12.4. The number of hydrogen-bond acceptors (Lipinski definition) is 4. The number of rotatable bonds is 2. The van der Waals surface area contributed by atoms with Crippen molar-refractivity contribution in [3.63, 3.8) is 0 Å². The van der Waals surface area contributed by atoms with Gasteiger partial charge in [0.15, 0.2) is 5.82 Å². The lowest BCUT2D eigenvalue weighted by Crippen LogP contribution is -2.15. The Morgan fingerprint density at radius 3 is 2.88 bits per heavy atom. The first-order valence-electron chi connectivity index (χ1n) is 7.22. The molecule has 0 saturated heterocycles. The number of nitrogens with two attached hydrogens (primary N) is 1. The Kier molecular flexibility index (Phi) is 3.32. The van der Waals surface area contributed by atoms with E-state index in [-0.39, 0.29) is 11.7 Å². The van der Waals surface area contributed by atoms with Gasteiger partial charge in [0.25, 0.3) is 5.91 Å². The maximum Gasteiger partial charge on any atom is 0.260 e. The van der Waals surface area contributed by atoms with Gasteiger partial charge in [-0.15, -0.1) is 0 Å². The minimum atomic E-state index is -0.376. The number of benzene rings is 2. The summed E-state index contributed by atoms with van der Waals surface area (Å²) < 4.78 is 0. The summed E-state index contributed by atoms with van der Waals surface area (Å²) >= 11 is 6.10. The van der Waals surface area contributed by atoms with Crippen LogP contribution in [-0.4, -0.2) is 21.1 Å². The highest BCUT2D eigenvalue weighted by Gasteiger charge is 2.16. The number of anilines is 2. The van der Waals surface area contributed by atoms with Gasteiger partial charge in [-0.3, -0.25) is 9.89 Å². The number of fused-ring (bicyclic) bond motifs is 2. The summed E-state index contributed by atoms with van der Waals surface area (Å²) in [6.45, 7) is 0. The van der Waals surface area contributed by atoms with E-state index in [4.69, 9.17) is 17.3 Å². The van der Waals surface area contributed by atoms with Gasteiger partial charge in [0.2, 0.25) is 0 Å². The van der Waals surface area contributed by atoms with Crippen molar-refractivity contribution in [2.24, 2.45) is 0 Å². The molecule has 2 aromatic carbocycles. The molecule has 1 amide bonds. The Hall–Kier alpha value is -3.12. The van der Waals surface area contributed by atoms with Gasteiger partial charge in [-0.25, -0.2) is 4.98 Å². The maximum atomic E-state index is 12.6. The van der Waals surface area contributed by atoms with E-state index in [1.54, 1.807) is 18.2 Å². The van der Waals surface area contributed by atoms with E-state index in [0.29, 0.717) is 21.9 Å². The van der Waals surface area contributed by atoms with Crippen LogP contribution < -0.4 is 11.1 Å². The lowest BCUT2D eigenvalue weighted by Gasteiger charge is -2.07. The fourth-order valence-electron chi connectivity index (χ4n) is 2.59. The molecule has 4 aromatic rings. The smallest absolute Gasteiger partial charge is 0.260 e. The van der Waals surface area contributed by atoms with Crippen molar-refractivity contribution in [3.05, 3.63) is 59.1 Å². The van der Waals surface area contributed by atoms with Crippen LogP contribution in [0.4, 0.5) is 11.6 Å². The number of pyridine rings is 1. The molecule has 118 valence electrons. The first kappa shape index (κ1) is 14.5. The molecule has 0 aliphatic heterocycles. The minimum Gasteiger partial charge on any atom is -0.383 e. The fraction of sp³-hybridized carbons (Fsp3) is 0. The Labute approximate surface area is 141 Å².